The third-order valence-corrected chi connectivity index (χ3v) is 7.39. The number of ether oxygens (including phenoxy) is 1. The third kappa shape index (κ3) is 6.34. The van der Waals surface area contributed by atoms with Gasteiger partial charge in [-0.2, -0.15) is 0 Å². The van der Waals surface area contributed by atoms with Crippen LogP contribution in [0.4, 0.5) is 17.6 Å². The maximum atomic E-state index is 13.9. The highest BCUT2D eigenvalue weighted by Gasteiger charge is 2.35. The molecule has 0 heterocycles. The van der Waals surface area contributed by atoms with Crippen LogP contribution in [0.2, 0.25) is 0 Å². The van der Waals surface area contributed by atoms with Gasteiger partial charge in [-0.05, 0) is 91.3 Å². The van der Waals surface area contributed by atoms with Crippen LogP contribution in [0.3, 0.4) is 0 Å². The minimum atomic E-state index is -4.93. The minimum Gasteiger partial charge on any atom is -0.403 e. The molecule has 0 bridgehead atoms. The number of halogens is 4. The Morgan fingerprint density at radius 1 is 0.941 bits per heavy atom. The standard InChI is InChI=1S/C29H32F4O/c1-2-3-4-5-6-20-9-14-25-23(17-20)12-13-24-18-21(10-15-26(24)25)7-8-22-11-16-28(27(30)19-22)34-29(31,32)33/h10-11,15-16,18-20,23,25H,2-6,9,12-14,17H2,1H3. The van der Waals surface area contributed by atoms with E-state index in [0.29, 0.717) is 11.5 Å². The predicted molar refractivity (Wildman–Crippen MR) is 126 cm³/mol. The summed E-state index contributed by atoms with van der Waals surface area (Å²) in [7, 11) is 0. The highest BCUT2D eigenvalue weighted by molar-refractivity contribution is 5.48. The van der Waals surface area contributed by atoms with Gasteiger partial charge in [0.05, 0.1) is 0 Å². The molecule has 1 saturated carbocycles. The minimum absolute atomic E-state index is 0.307. The zero-order valence-corrected chi connectivity index (χ0v) is 19.7. The van der Waals surface area contributed by atoms with Gasteiger partial charge in [0.1, 0.15) is 0 Å². The Hall–Kier alpha value is -2.48. The van der Waals surface area contributed by atoms with Crippen molar-refractivity contribution in [3.05, 3.63) is 64.5 Å². The quantitative estimate of drug-likeness (QED) is 0.232. The average molecular weight is 473 g/mol. The van der Waals surface area contributed by atoms with Crippen LogP contribution in [0.25, 0.3) is 0 Å². The van der Waals surface area contributed by atoms with Crippen LogP contribution in [0.1, 0.15) is 92.9 Å². The van der Waals surface area contributed by atoms with E-state index in [9.17, 15) is 17.6 Å². The lowest BCUT2D eigenvalue weighted by Crippen LogP contribution is -2.28. The van der Waals surface area contributed by atoms with Crippen molar-refractivity contribution in [3.8, 4) is 17.6 Å². The Kier molecular flexibility index (Phi) is 7.86. The number of hydrogen-bond donors (Lipinski definition) is 0. The molecule has 2 aromatic carbocycles. The summed E-state index contributed by atoms with van der Waals surface area (Å²) in [5.41, 5.74) is 3.97. The lowest BCUT2D eigenvalue weighted by atomic mass is 9.64. The van der Waals surface area contributed by atoms with Crippen LogP contribution >= 0.6 is 0 Å². The van der Waals surface area contributed by atoms with Gasteiger partial charge < -0.3 is 4.74 Å². The van der Waals surface area contributed by atoms with Gasteiger partial charge >= 0.3 is 6.36 Å². The molecule has 182 valence electrons. The van der Waals surface area contributed by atoms with Crippen molar-refractivity contribution in [1.82, 2.24) is 0 Å². The van der Waals surface area contributed by atoms with E-state index in [1.54, 1.807) is 0 Å². The Balaban J connectivity index is 1.40. The second-order valence-corrected chi connectivity index (χ2v) is 9.79. The van der Waals surface area contributed by atoms with E-state index in [0.717, 1.165) is 36.0 Å². The molecule has 0 N–H and O–H groups in total. The van der Waals surface area contributed by atoms with E-state index in [-0.39, 0.29) is 0 Å². The fourth-order valence-electron chi connectivity index (χ4n) is 5.74. The van der Waals surface area contributed by atoms with E-state index < -0.39 is 17.9 Å². The number of aryl methyl sites for hydroxylation is 1. The molecule has 0 aliphatic heterocycles. The summed E-state index contributed by atoms with van der Waals surface area (Å²) in [5, 5.41) is 0. The number of fused-ring (bicyclic) bond motifs is 3. The molecule has 5 heteroatoms. The topological polar surface area (TPSA) is 9.23 Å². The van der Waals surface area contributed by atoms with Crippen LogP contribution in [-0.2, 0) is 6.42 Å². The molecule has 2 aromatic rings. The van der Waals surface area contributed by atoms with Crippen LogP contribution < -0.4 is 4.74 Å². The van der Waals surface area contributed by atoms with Crippen LogP contribution in [0.5, 0.6) is 5.75 Å². The molecule has 0 amide bonds. The van der Waals surface area contributed by atoms with Crippen LogP contribution in [0, 0.1) is 29.5 Å². The molecule has 2 aliphatic rings. The maximum absolute atomic E-state index is 13.9. The number of unbranched alkanes of at least 4 members (excludes halogenated alkanes) is 3. The van der Waals surface area contributed by atoms with Gasteiger partial charge in [-0.1, -0.05) is 56.9 Å². The van der Waals surface area contributed by atoms with E-state index >= 15 is 0 Å². The van der Waals surface area contributed by atoms with Crippen molar-refractivity contribution in [2.24, 2.45) is 11.8 Å². The summed E-state index contributed by atoms with van der Waals surface area (Å²) < 4.78 is 54.5. The highest BCUT2D eigenvalue weighted by Crippen LogP contribution is 2.48. The molecule has 0 saturated heterocycles. The Bertz CT molecular complexity index is 1050. The molecule has 0 spiro atoms. The first-order valence-electron chi connectivity index (χ1n) is 12.5. The summed E-state index contributed by atoms with van der Waals surface area (Å²) in [6.07, 6.45) is 8.08. The molecule has 3 unspecified atom stereocenters. The van der Waals surface area contributed by atoms with E-state index in [1.807, 2.05) is 6.07 Å². The van der Waals surface area contributed by atoms with E-state index in [1.165, 1.54) is 75.0 Å². The lowest BCUT2D eigenvalue weighted by molar-refractivity contribution is -0.275. The lowest BCUT2D eigenvalue weighted by Gasteiger charge is -2.40. The summed E-state index contributed by atoms with van der Waals surface area (Å²) in [5.74, 6) is 6.29. The van der Waals surface area contributed by atoms with Gasteiger partial charge in [0.2, 0.25) is 0 Å². The average Bonchev–Trinajstić information content (AvgIpc) is 2.81. The van der Waals surface area contributed by atoms with Crippen molar-refractivity contribution in [2.45, 2.75) is 83.4 Å². The fraction of sp³-hybridized carbons (Fsp3) is 0.517. The zero-order valence-electron chi connectivity index (χ0n) is 19.7. The van der Waals surface area contributed by atoms with Gasteiger partial charge in [-0.25, -0.2) is 4.39 Å². The molecule has 2 aliphatic carbocycles. The second kappa shape index (κ2) is 10.8. The SMILES string of the molecule is CCCCCCC1CCC2c3ccc(C#Cc4ccc(OC(F)(F)F)c(F)c4)cc3CCC2C1. The molecule has 34 heavy (non-hydrogen) atoms. The summed E-state index contributed by atoms with van der Waals surface area (Å²) >= 11 is 0. The normalized spacial score (nSPS) is 21.7. The largest absolute Gasteiger partial charge is 0.573 e. The van der Waals surface area contributed by atoms with Crippen molar-refractivity contribution in [2.75, 3.05) is 0 Å². The summed E-state index contributed by atoms with van der Waals surface area (Å²) in [6, 6.07) is 9.62. The maximum Gasteiger partial charge on any atom is 0.573 e. The van der Waals surface area contributed by atoms with Gasteiger partial charge in [-0.15, -0.1) is 13.2 Å². The number of hydrogen-bond acceptors (Lipinski definition) is 1. The van der Waals surface area contributed by atoms with E-state index in [2.05, 4.69) is 35.6 Å². The number of benzene rings is 2. The van der Waals surface area contributed by atoms with Gasteiger partial charge in [0.15, 0.2) is 11.6 Å². The third-order valence-electron chi connectivity index (χ3n) is 7.39. The molecular formula is C29H32F4O. The van der Waals surface area contributed by atoms with Crippen LogP contribution in [0.15, 0.2) is 36.4 Å². The van der Waals surface area contributed by atoms with Crippen molar-refractivity contribution < 1.29 is 22.3 Å². The first-order valence-corrected chi connectivity index (χ1v) is 12.5. The summed E-state index contributed by atoms with van der Waals surface area (Å²) in [6.45, 7) is 2.26. The highest BCUT2D eigenvalue weighted by atomic mass is 19.4. The molecule has 3 atom stereocenters. The first-order chi connectivity index (χ1) is 16.3. The van der Waals surface area contributed by atoms with Gasteiger partial charge in [-0.3, -0.25) is 0 Å². The number of rotatable bonds is 6. The van der Waals surface area contributed by atoms with Crippen molar-refractivity contribution in [3.63, 3.8) is 0 Å². The Labute approximate surface area is 199 Å². The molecule has 1 nitrogen and oxygen atoms in total. The van der Waals surface area contributed by atoms with Gasteiger partial charge in [0, 0.05) is 11.1 Å². The molecule has 0 radical (unpaired) electrons. The Morgan fingerprint density at radius 3 is 2.44 bits per heavy atom. The molecule has 1 fully saturated rings. The Morgan fingerprint density at radius 2 is 1.71 bits per heavy atom. The van der Waals surface area contributed by atoms with Crippen molar-refractivity contribution in [1.29, 1.82) is 0 Å². The molecular weight excluding hydrogens is 440 g/mol. The molecule has 0 aromatic heterocycles. The monoisotopic (exact) mass is 472 g/mol. The zero-order chi connectivity index (χ0) is 24.1. The van der Waals surface area contributed by atoms with Gasteiger partial charge in [0.25, 0.3) is 0 Å². The van der Waals surface area contributed by atoms with Crippen LogP contribution in [-0.4, -0.2) is 6.36 Å². The smallest absolute Gasteiger partial charge is 0.403 e. The first kappa shape index (κ1) is 24.6. The molecule has 4 rings (SSSR count). The fourth-order valence-corrected chi connectivity index (χ4v) is 5.74. The van der Waals surface area contributed by atoms with E-state index in [4.69, 9.17) is 0 Å². The summed E-state index contributed by atoms with van der Waals surface area (Å²) in [4.78, 5) is 0. The predicted octanol–water partition coefficient (Wildman–Crippen LogP) is 8.54. The van der Waals surface area contributed by atoms with Crippen molar-refractivity contribution >= 4 is 0 Å². The second-order valence-electron chi connectivity index (χ2n) is 9.79. The number of alkyl halides is 3.